The Labute approximate surface area is 131 Å². The molecule has 0 aliphatic heterocycles. The summed E-state index contributed by atoms with van der Waals surface area (Å²) >= 11 is 2.19. The molecule has 108 valence electrons. The van der Waals surface area contributed by atoms with Crippen LogP contribution in [0.4, 0.5) is 5.69 Å². The molecule has 0 spiro atoms. The van der Waals surface area contributed by atoms with E-state index in [0.717, 1.165) is 9.26 Å². The van der Waals surface area contributed by atoms with Crippen molar-refractivity contribution in [2.75, 3.05) is 18.5 Å². The molecule has 0 aromatic heterocycles. The molecule has 0 saturated heterocycles. The van der Waals surface area contributed by atoms with Crippen LogP contribution in [-0.4, -0.2) is 25.2 Å². The summed E-state index contributed by atoms with van der Waals surface area (Å²) in [6, 6.07) is 7.49. The topological polar surface area (TPSA) is 64.6 Å². The molecular formula is C14H16INO4. The first-order valence-electron chi connectivity index (χ1n) is 6.15. The number of nitrogens with one attached hydrogen (secondary N) is 1. The fourth-order valence-corrected chi connectivity index (χ4v) is 1.68. The van der Waals surface area contributed by atoms with Crippen LogP contribution in [0, 0.1) is 3.57 Å². The molecule has 1 rings (SSSR count). The second-order valence-electron chi connectivity index (χ2n) is 3.65. The highest BCUT2D eigenvalue weighted by Crippen LogP contribution is 2.12. The summed E-state index contributed by atoms with van der Waals surface area (Å²) in [5.74, 6) is -1.41. The van der Waals surface area contributed by atoms with Gasteiger partial charge >= 0.3 is 11.9 Å². The van der Waals surface area contributed by atoms with Crippen LogP contribution < -0.4 is 5.32 Å². The number of carbonyl (C=O) groups is 2. The molecule has 1 aromatic rings. The number of rotatable bonds is 6. The van der Waals surface area contributed by atoms with Gasteiger partial charge in [-0.3, -0.25) is 0 Å². The van der Waals surface area contributed by atoms with Crippen LogP contribution in [0.2, 0.25) is 0 Å². The van der Waals surface area contributed by atoms with Crippen molar-refractivity contribution in [1.82, 2.24) is 0 Å². The van der Waals surface area contributed by atoms with E-state index >= 15 is 0 Å². The highest BCUT2D eigenvalue weighted by atomic mass is 127. The number of carbonyl (C=O) groups excluding carboxylic acids is 2. The zero-order valence-electron chi connectivity index (χ0n) is 11.3. The van der Waals surface area contributed by atoms with Gasteiger partial charge in [0.05, 0.1) is 13.2 Å². The standard InChI is InChI=1S/C14H16INO4/c1-3-19-13(17)12(14(18)20-4-2)9-16-11-7-5-10(15)6-8-11/h5-9,16H,3-4H2,1-2H3. The molecule has 0 aliphatic carbocycles. The van der Waals surface area contributed by atoms with Gasteiger partial charge in [0.2, 0.25) is 0 Å². The van der Waals surface area contributed by atoms with E-state index in [9.17, 15) is 9.59 Å². The number of hydrogen-bond acceptors (Lipinski definition) is 5. The Morgan fingerprint density at radius 2 is 1.60 bits per heavy atom. The third-order valence-electron chi connectivity index (χ3n) is 2.22. The van der Waals surface area contributed by atoms with Crippen LogP contribution in [0.15, 0.2) is 36.0 Å². The smallest absolute Gasteiger partial charge is 0.347 e. The average Bonchev–Trinajstić information content (AvgIpc) is 2.42. The molecule has 0 fully saturated rings. The lowest BCUT2D eigenvalue weighted by Crippen LogP contribution is -2.19. The van der Waals surface area contributed by atoms with Crippen molar-refractivity contribution in [2.24, 2.45) is 0 Å². The Kier molecular flexibility index (Phi) is 7.06. The largest absolute Gasteiger partial charge is 0.462 e. The van der Waals surface area contributed by atoms with Crippen LogP contribution in [0.3, 0.4) is 0 Å². The van der Waals surface area contributed by atoms with Crippen LogP contribution in [0.5, 0.6) is 0 Å². The predicted molar refractivity (Wildman–Crippen MR) is 84.1 cm³/mol. The SMILES string of the molecule is CCOC(=O)C(=CNc1ccc(I)cc1)C(=O)OCC. The number of ether oxygens (including phenoxy) is 2. The molecule has 6 heteroatoms. The van der Waals surface area contributed by atoms with Crippen LogP contribution in [-0.2, 0) is 19.1 Å². The number of hydrogen-bond donors (Lipinski definition) is 1. The van der Waals surface area contributed by atoms with Gasteiger partial charge in [0.15, 0.2) is 5.57 Å². The maximum absolute atomic E-state index is 11.7. The van der Waals surface area contributed by atoms with Crippen molar-refractivity contribution >= 4 is 40.2 Å². The molecule has 0 saturated carbocycles. The Morgan fingerprint density at radius 1 is 1.10 bits per heavy atom. The molecule has 0 heterocycles. The van der Waals surface area contributed by atoms with Crippen molar-refractivity contribution in [2.45, 2.75) is 13.8 Å². The van der Waals surface area contributed by atoms with E-state index < -0.39 is 11.9 Å². The van der Waals surface area contributed by atoms with Gasteiger partial charge in [-0.15, -0.1) is 0 Å². The van der Waals surface area contributed by atoms with Crippen LogP contribution in [0.25, 0.3) is 0 Å². The normalized spacial score (nSPS) is 9.55. The molecule has 0 radical (unpaired) electrons. The minimum Gasteiger partial charge on any atom is -0.462 e. The molecule has 0 amide bonds. The van der Waals surface area contributed by atoms with E-state index in [2.05, 4.69) is 27.9 Å². The van der Waals surface area contributed by atoms with Gasteiger partial charge in [-0.2, -0.15) is 0 Å². The molecular weight excluding hydrogens is 373 g/mol. The summed E-state index contributed by atoms with van der Waals surface area (Å²) in [4.78, 5) is 23.4. The minimum absolute atomic E-state index is 0.160. The van der Waals surface area contributed by atoms with Gasteiger partial charge in [0, 0.05) is 15.5 Å². The first-order valence-corrected chi connectivity index (χ1v) is 7.22. The number of anilines is 1. The monoisotopic (exact) mass is 389 g/mol. The Bertz CT molecular complexity index is 476. The Balaban J connectivity index is 2.86. The lowest BCUT2D eigenvalue weighted by molar-refractivity contribution is -0.146. The van der Waals surface area contributed by atoms with E-state index in [0.29, 0.717) is 0 Å². The molecule has 1 N–H and O–H groups in total. The third kappa shape index (κ3) is 5.20. The van der Waals surface area contributed by atoms with Crippen molar-refractivity contribution in [1.29, 1.82) is 0 Å². The fraction of sp³-hybridized carbons (Fsp3) is 0.286. The van der Waals surface area contributed by atoms with Crippen LogP contribution >= 0.6 is 22.6 Å². The molecule has 0 bridgehead atoms. The number of benzene rings is 1. The van der Waals surface area contributed by atoms with Crippen molar-refractivity contribution in [3.05, 3.63) is 39.6 Å². The molecule has 1 aromatic carbocycles. The Hall–Kier alpha value is -1.57. The number of halogens is 1. The second-order valence-corrected chi connectivity index (χ2v) is 4.90. The molecule has 20 heavy (non-hydrogen) atoms. The third-order valence-corrected chi connectivity index (χ3v) is 2.94. The van der Waals surface area contributed by atoms with E-state index in [1.165, 1.54) is 6.20 Å². The van der Waals surface area contributed by atoms with Crippen molar-refractivity contribution < 1.29 is 19.1 Å². The zero-order valence-corrected chi connectivity index (χ0v) is 13.5. The van der Waals surface area contributed by atoms with E-state index in [1.807, 2.05) is 24.3 Å². The predicted octanol–water partition coefficient (Wildman–Crippen LogP) is 2.71. The van der Waals surface area contributed by atoms with Gasteiger partial charge in [-0.25, -0.2) is 9.59 Å². The van der Waals surface area contributed by atoms with Gasteiger partial charge in [-0.1, -0.05) is 0 Å². The van der Waals surface area contributed by atoms with E-state index in [-0.39, 0.29) is 18.8 Å². The molecule has 5 nitrogen and oxygen atoms in total. The number of esters is 2. The summed E-state index contributed by atoms with van der Waals surface area (Å²) < 4.78 is 10.8. The summed E-state index contributed by atoms with van der Waals surface area (Å²) in [6.07, 6.45) is 1.30. The summed E-state index contributed by atoms with van der Waals surface area (Å²) in [7, 11) is 0. The molecule has 0 aliphatic rings. The van der Waals surface area contributed by atoms with Gasteiger partial charge in [0.25, 0.3) is 0 Å². The Morgan fingerprint density at radius 3 is 2.05 bits per heavy atom. The summed E-state index contributed by atoms with van der Waals surface area (Å²) in [5.41, 5.74) is 0.601. The molecule has 0 unspecified atom stereocenters. The molecule has 0 atom stereocenters. The van der Waals surface area contributed by atoms with Gasteiger partial charge in [-0.05, 0) is 60.7 Å². The highest BCUT2D eigenvalue weighted by molar-refractivity contribution is 14.1. The summed E-state index contributed by atoms with van der Waals surface area (Å²) in [5, 5.41) is 2.88. The highest BCUT2D eigenvalue weighted by Gasteiger charge is 2.20. The summed E-state index contributed by atoms with van der Waals surface area (Å²) in [6.45, 7) is 3.73. The maximum atomic E-state index is 11.7. The van der Waals surface area contributed by atoms with Gasteiger partial charge < -0.3 is 14.8 Å². The fourth-order valence-electron chi connectivity index (χ4n) is 1.32. The van der Waals surface area contributed by atoms with Crippen molar-refractivity contribution in [3.63, 3.8) is 0 Å². The maximum Gasteiger partial charge on any atom is 0.347 e. The zero-order chi connectivity index (χ0) is 15.0. The lowest BCUT2D eigenvalue weighted by Gasteiger charge is -2.07. The van der Waals surface area contributed by atoms with Gasteiger partial charge in [0.1, 0.15) is 0 Å². The van der Waals surface area contributed by atoms with Crippen LogP contribution in [0.1, 0.15) is 13.8 Å². The van der Waals surface area contributed by atoms with E-state index in [1.54, 1.807) is 13.8 Å². The lowest BCUT2D eigenvalue weighted by atomic mass is 10.3. The quantitative estimate of drug-likeness (QED) is 0.267. The van der Waals surface area contributed by atoms with E-state index in [4.69, 9.17) is 9.47 Å². The average molecular weight is 389 g/mol. The minimum atomic E-state index is -0.705. The second kappa shape index (κ2) is 8.57. The first-order chi connectivity index (χ1) is 9.58. The van der Waals surface area contributed by atoms with Crippen molar-refractivity contribution in [3.8, 4) is 0 Å². The first kappa shape index (κ1) is 16.5.